The number of aliphatic hydroxyl groups excluding tert-OH is 4. The minimum absolute atomic E-state index is 0.415. The van der Waals surface area contributed by atoms with Crippen LogP contribution in [0, 0.1) is 0 Å². The molecule has 0 bridgehead atoms. The second-order valence-electron chi connectivity index (χ2n) is 2.72. The molecular weight excluding hydrogens is 190 g/mol. The van der Waals surface area contributed by atoms with Gasteiger partial charge in [0.2, 0.25) is 0 Å². The number of hydrogen-bond donors (Lipinski definition) is 5. The lowest BCUT2D eigenvalue weighted by molar-refractivity contribution is -0.205. The molecule has 5 nitrogen and oxygen atoms in total. The van der Waals surface area contributed by atoms with E-state index in [0.717, 1.165) is 0 Å². The van der Waals surface area contributed by atoms with E-state index >= 15 is 0 Å². The van der Waals surface area contributed by atoms with Crippen molar-refractivity contribution >= 4 is 12.6 Å². The van der Waals surface area contributed by atoms with Crippen LogP contribution in [-0.4, -0.2) is 56.9 Å². The molecule has 1 aliphatic heterocycles. The van der Waals surface area contributed by atoms with Crippen molar-refractivity contribution in [1.29, 1.82) is 0 Å². The summed E-state index contributed by atoms with van der Waals surface area (Å²) < 4.78 is 4.88. The Kier molecular flexibility index (Phi) is 3.33. The molecule has 4 N–H and O–H groups in total. The molecule has 0 aromatic rings. The van der Waals surface area contributed by atoms with Crippen LogP contribution in [0.2, 0.25) is 0 Å². The quantitative estimate of drug-likeness (QED) is 0.244. The largest absolute Gasteiger partial charge is 0.394 e. The monoisotopic (exact) mass is 202 g/mol. The van der Waals surface area contributed by atoms with Gasteiger partial charge in [-0.25, -0.2) is 0 Å². The van der Waals surface area contributed by atoms with Crippen molar-refractivity contribution in [2.75, 3.05) is 6.61 Å². The average molecular weight is 202 g/mol. The molecule has 6 heteroatoms. The molecule has 1 aliphatic rings. The van der Waals surface area contributed by atoms with E-state index in [1.807, 2.05) is 0 Å². The van der Waals surface area contributed by atoms with Crippen LogP contribution in [0.1, 0.15) is 0 Å². The maximum Gasteiger partial charge on any atom is 0.129 e. The summed E-state index contributed by atoms with van der Waals surface area (Å²) >= 11 is 3.81. The van der Waals surface area contributed by atoms with Crippen LogP contribution in [-0.2, 0) is 4.74 Å². The lowest BCUT2D eigenvalue weighted by Gasteiger charge is -2.37. The molecule has 0 aromatic heterocycles. The lowest BCUT2D eigenvalue weighted by atomic mass is 11.0. The van der Waals surface area contributed by atoms with Gasteiger partial charge >= 0.3 is 0 Å². The maximum absolute atomic E-state index is 9.20. The predicted octanol–water partition coefficient (Wildman–Crippen LogP) is -2.28. The van der Waals surface area contributed by atoms with Gasteiger partial charge < -0.3 is 25.2 Å². The smallest absolute Gasteiger partial charge is 0.129 e. The lowest BCUT2D eigenvalue weighted by Crippen LogP contribution is -2.56. The van der Waals surface area contributed by atoms with Crippen molar-refractivity contribution in [1.82, 2.24) is 0 Å². The number of hydrogen-bond acceptors (Lipinski definition) is 6. The van der Waals surface area contributed by atoms with Crippen molar-refractivity contribution in [3.05, 3.63) is 0 Å². The normalized spacial score (nSPS) is 49.2. The molecule has 0 radical (unpaired) electrons. The average Bonchev–Trinajstić information content (AvgIpc) is 2.08. The van der Waals surface area contributed by atoms with Crippen molar-refractivity contribution in [2.45, 2.75) is 29.9 Å². The molecule has 72 valence electrons. The van der Waals surface area contributed by atoms with Gasteiger partial charge in [-0.1, -0.05) is 0 Å². The van der Waals surface area contributed by atoms with E-state index in [4.69, 9.17) is 14.9 Å². The minimum Gasteiger partial charge on any atom is -0.394 e. The highest BCUT2D eigenvalue weighted by atomic mass is 32.1. The van der Waals surface area contributed by atoms with Gasteiger partial charge in [-0.15, -0.1) is 12.6 Å². The first-order chi connectivity index (χ1) is 5.57. The highest BCUT2D eigenvalue weighted by Crippen LogP contribution is 2.22. The predicted molar refractivity (Wildman–Crippen MR) is 42.8 cm³/mol. The topological polar surface area (TPSA) is 90.2 Å². The molecule has 1 fully saturated rings. The van der Waals surface area contributed by atoms with Crippen molar-refractivity contribution in [3.63, 3.8) is 0 Å². The van der Waals surface area contributed by atoms with E-state index in [2.05, 4.69) is 12.6 Å². The summed E-state index contributed by atoms with van der Waals surface area (Å²) in [6.45, 7) is -0.415. The molecule has 0 aliphatic carbocycles. The molecule has 0 amide bonds. The number of thiol groups is 1. The van der Waals surface area contributed by atoms with Gasteiger partial charge in [0, 0.05) is 0 Å². The summed E-state index contributed by atoms with van der Waals surface area (Å²) in [4.78, 5) is 0. The van der Waals surface area contributed by atoms with Gasteiger partial charge in [-0.3, -0.25) is 0 Å². The summed E-state index contributed by atoms with van der Waals surface area (Å²) in [5.41, 5.74) is -0.874. The fourth-order valence-electron chi connectivity index (χ4n) is 1.08. The van der Waals surface area contributed by atoms with Gasteiger partial charge in [0.25, 0.3) is 0 Å². The van der Waals surface area contributed by atoms with E-state index in [-0.39, 0.29) is 0 Å². The Hall–Kier alpha value is 0.150. The van der Waals surface area contributed by atoms with E-state index in [1.165, 1.54) is 0 Å². The van der Waals surface area contributed by atoms with Crippen LogP contribution in [0.25, 0.3) is 0 Å². The minimum atomic E-state index is -1.32. The van der Waals surface area contributed by atoms with Crippen LogP contribution < -0.4 is 0 Å². The van der Waals surface area contributed by atoms with Crippen molar-refractivity contribution in [2.24, 2.45) is 0 Å². The zero-order valence-corrected chi connectivity index (χ0v) is 7.13. The number of rotatable bonds is 1. The zero-order chi connectivity index (χ0) is 9.30. The Balaban J connectivity index is 2.63. The molecule has 1 rings (SSSR count). The number of aliphatic hydroxyl groups is 4. The second kappa shape index (κ2) is 3.91. The van der Waals surface area contributed by atoms with Crippen molar-refractivity contribution in [3.8, 4) is 0 Å². The first-order valence-corrected chi connectivity index (χ1v) is 4.08. The Morgan fingerprint density at radius 3 is 2.17 bits per heavy atom. The Morgan fingerprint density at radius 1 is 1.08 bits per heavy atom. The highest BCUT2D eigenvalue weighted by molar-refractivity contribution is 7.80. The third-order valence-electron chi connectivity index (χ3n) is 1.87. The molecule has 0 saturated carbocycles. The van der Waals surface area contributed by atoms with Crippen LogP contribution in [0.4, 0.5) is 0 Å². The molecule has 1 saturated heterocycles. The third-order valence-corrected chi connectivity index (χ3v) is 2.29. The van der Waals surface area contributed by atoms with E-state index in [9.17, 15) is 10.2 Å². The Bertz CT molecular complexity index is 150. The molecule has 0 aromatic carbocycles. The fraction of sp³-hybridized carbons (Fsp3) is 1.00. The molecule has 0 spiro atoms. The SMILES string of the molecule is O[13CH2][13C@H]1O[13C@@H](S)[13C@H](O)[13C@@H](O)[13C@@H]1O. The summed E-state index contributed by atoms with van der Waals surface area (Å²) in [5.74, 6) is 0. The molecule has 5 atom stereocenters. The Labute approximate surface area is 75.0 Å². The summed E-state index contributed by atoms with van der Waals surface area (Å²) in [6.07, 6.45) is -4.70. The van der Waals surface area contributed by atoms with Gasteiger partial charge in [0.05, 0.1) is 6.61 Å². The molecule has 0 unspecified atom stereocenters. The van der Waals surface area contributed by atoms with E-state index < -0.39 is 36.5 Å². The molecule has 1 heterocycles. The summed E-state index contributed by atoms with van der Waals surface area (Å²) in [7, 11) is 0. The van der Waals surface area contributed by atoms with E-state index in [0.29, 0.717) is 0 Å². The molecular formula is C6H12O5S. The number of ether oxygens (including phenoxy) is 1. The van der Waals surface area contributed by atoms with Crippen LogP contribution in [0.3, 0.4) is 0 Å². The Morgan fingerprint density at radius 2 is 1.67 bits per heavy atom. The molecule has 12 heavy (non-hydrogen) atoms. The van der Waals surface area contributed by atoms with Gasteiger partial charge in [-0.2, -0.15) is 0 Å². The first-order valence-electron chi connectivity index (χ1n) is 3.56. The maximum atomic E-state index is 9.20. The fourth-order valence-corrected chi connectivity index (χ4v) is 1.41. The first kappa shape index (κ1) is 10.2. The second-order valence-corrected chi connectivity index (χ2v) is 3.23. The van der Waals surface area contributed by atoms with E-state index in [1.54, 1.807) is 0 Å². The van der Waals surface area contributed by atoms with Crippen LogP contribution in [0.5, 0.6) is 0 Å². The summed E-state index contributed by atoms with van der Waals surface area (Å²) in [6, 6.07) is 0. The summed E-state index contributed by atoms with van der Waals surface area (Å²) in [5, 5.41) is 36.2. The standard InChI is InChI=1S/C6H12O5S/c7-1-2-3(8)4(9)5(10)6(12)11-2/h2-10,12H,1H2/t2-,3-,4+,5-,6+/m1/s1/i1+1,2+1,3+1,4+1,5+1,6+1. The van der Waals surface area contributed by atoms with Gasteiger partial charge in [-0.05, 0) is 0 Å². The van der Waals surface area contributed by atoms with Gasteiger partial charge in [0.15, 0.2) is 0 Å². The zero-order valence-electron chi connectivity index (χ0n) is 6.24. The van der Waals surface area contributed by atoms with Gasteiger partial charge in [0.1, 0.15) is 29.9 Å². The highest BCUT2D eigenvalue weighted by Gasteiger charge is 2.41. The van der Waals surface area contributed by atoms with Crippen LogP contribution >= 0.6 is 12.6 Å². The third kappa shape index (κ3) is 1.73. The van der Waals surface area contributed by atoms with Crippen molar-refractivity contribution < 1.29 is 25.2 Å². The van der Waals surface area contributed by atoms with Crippen LogP contribution in [0.15, 0.2) is 0 Å².